The zero-order valence-electron chi connectivity index (χ0n) is 13.7. The quantitative estimate of drug-likeness (QED) is 0.814. The van der Waals surface area contributed by atoms with E-state index in [1.165, 1.54) is 11.8 Å². The third-order valence-corrected chi connectivity index (χ3v) is 5.58. The van der Waals surface area contributed by atoms with Gasteiger partial charge in [-0.3, -0.25) is 14.4 Å². The molecule has 0 N–H and O–H groups in total. The van der Waals surface area contributed by atoms with Gasteiger partial charge >= 0.3 is 0 Å². The molecule has 0 amide bonds. The number of hydrogen-bond acceptors (Lipinski definition) is 5. The fraction of sp³-hybridized carbons (Fsp3) is 0.167. The molecule has 5 nitrogen and oxygen atoms in total. The molecule has 0 radical (unpaired) electrons. The van der Waals surface area contributed by atoms with Crippen LogP contribution < -0.4 is 5.56 Å². The number of allylic oxidation sites excluding steroid dienone is 1. The van der Waals surface area contributed by atoms with Gasteiger partial charge in [0.15, 0.2) is 0 Å². The van der Waals surface area contributed by atoms with Gasteiger partial charge in [0.2, 0.25) is 0 Å². The van der Waals surface area contributed by atoms with Crippen LogP contribution in [0.1, 0.15) is 5.69 Å². The molecule has 2 aromatic rings. The number of halogens is 1. The molecule has 126 valence electrons. The molecule has 2 aliphatic rings. The van der Waals surface area contributed by atoms with Gasteiger partial charge in [0.25, 0.3) is 5.56 Å². The zero-order chi connectivity index (χ0) is 17.6. The summed E-state index contributed by atoms with van der Waals surface area (Å²) in [5, 5.41) is 0.620. The first kappa shape index (κ1) is 16.2. The minimum absolute atomic E-state index is 0.0105. The lowest BCUT2D eigenvalue weighted by atomic mass is 10.1. The third kappa shape index (κ3) is 2.71. The molecule has 3 heterocycles. The molecule has 2 aliphatic heterocycles. The SMILES string of the molecule is CN(C)C1=C2c3ncn(-c4ccc(Cl)cc4)c(=O)c3SC2C=NC=C1. The standard InChI is InChI=1S/C18H15ClN4OS/c1-22(2)13-7-8-20-9-14-15(13)16-17(25-14)18(24)23(10-21-16)12-5-3-11(19)4-6-12/h3-10,14H,1-2H3. The molecular formula is C18H15ClN4OS. The van der Waals surface area contributed by atoms with Crippen molar-refractivity contribution in [2.24, 2.45) is 4.99 Å². The summed E-state index contributed by atoms with van der Waals surface area (Å²) in [4.78, 5) is 24.6. The minimum Gasteiger partial charge on any atom is -0.377 e. The highest BCUT2D eigenvalue weighted by Crippen LogP contribution is 2.44. The van der Waals surface area contributed by atoms with Crippen LogP contribution in [-0.2, 0) is 0 Å². The van der Waals surface area contributed by atoms with Gasteiger partial charge in [-0.2, -0.15) is 0 Å². The van der Waals surface area contributed by atoms with Crippen LogP contribution in [0.4, 0.5) is 0 Å². The van der Waals surface area contributed by atoms with Crippen molar-refractivity contribution in [1.82, 2.24) is 14.5 Å². The maximum atomic E-state index is 13.0. The van der Waals surface area contributed by atoms with Crippen molar-refractivity contribution >= 4 is 35.2 Å². The van der Waals surface area contributed by atoms with Crippen LogP contribution >= 0.6 is 23.4 Å². The maximum absolute atomic E-state index is 13.0. The summed E-state index contributed by atoms with van der Waals surface area (Å²) < 4.78 is 1.55. The summed E-state index contributed by atoms with van der Waals surface area (Å²) in [6.07, 6.45) is 7.17. The predicted molar refractivity (Wildman–Crippen MR) is 103 cm³/mol. The van der Waals surface area contributed by atoms with E-state index in [2.05, 4.69) is 9.98 Å². The van der Waals surface area contributed by atoms with Crippen LogP contribution in [-0.4, -0.2) is 40.0 Å². The molecule has 0 fully saturated rings. The summed E-state index contributed by atoms with van der Waals surface area (Å²) in [5.41, 5.74) is 3.46. The molecule has 0 saturated heterocycles. The van der Waals surface area contributed by atoms with Crippen LogP contribution in [0.15, 0.2) is 63.2 Å². The highest BCUT2D eigenvalue weighted by Gasteiger charge is 2.34. The summed E-state index contributed by atoms with van der Waals surface area (Å²) in [6.45, 7) is 0. The molecule has 0 bridgehead atoms. The first-order valence-corrected chi connectivity index (χ1v) is 8.98. The van der Waals surface area contributed by atoms with Gasteiger partial charge in [0.1, 0.15) is 11.2 Å². The molecule has 1 aromatic heterocycles. The number of aromatic nitrogens is 2. The van der Waals surface area contributed by atoms with Crippen molar-refractivity contribution in [3.05, 3.63) is 69.6 Å². The fourth-order valence-electron chi connectivity index (χ4n) is 2.93. The number of likely N-dealkylation sites (N-methyl/N-ethyl adjacent to an activating group) is 1. The van der Waals surface area contributed by atoms with Crippen LogP contribution in [0, 0.1) is 0 Å². The highest BCUT2D eigenvalue weighted by atomic mass is 35.5. The Morgan fingerprint density at radius 2 is 2.00 bits per heavy atom. The Balaban J connectivity index is 1.90. The first-order chi connectivity index (χ1) is 12.1. The monoisotopic (exact) mass is 370 g/mol. The van der Waals surface area contributed by atoms with Gasteiger partial charge in [-0.15, -0.1) is 11.8 Å². The smallest absolute Gasteiger partial charge is 0.272 e. The molecule has 1 atom stereocenters. The van der Waals surface area contributed by atoms with Crippen LogP contribution in [0.25, 0.3) is 11.3 Å². The Morgan fingerprint density at radius 1 is 1.24 bits per heavy atom. The summed E-state index contributed by atoms with van der Waals surface area (Å²) in [5.74, 6) is 0. The lowest BCUT2D eigenvalue weighted by Gasteiger charge is -2.18. The average molecular weight is 371 g/mol. The van der Waals surface area contributed by atoms with E-state index in [-0.39, 0.29) is 10.8 Å². The largest absolute Gasteiger partial charge is 0.377 e. The lowest BCUT2D eigenvalue weighted by Crippen LogP contribution is -2.21. The predicted octanol–water partition coefficient (Wildman–Crippen LogP) is 3.23. The van der Waals surface area contributed by atoms with E-state index in [1.807, 2.05) is 43.4 Å². The normalized spacial score (nSPS) is 18.1. The molecule has 0 saturated carbocycles. The van der Waals surface area contributed by atoms with E-state index >= 15 is 0 Å². The van der Waals surface area contributed by atoms with Crippen LogP contribution in [0.2, 0.25) is 5.02 Å². The molecule has 25 heavy (non-hydrogen) atoms. The molecular weight excluding hydrogens is 356 g/mol. The second-order valence-electron chi connectivity index (χ2n) is 5.92. The Labute approximate surface area is 154 Å². The molecule has 0 spiro atoms. The van der Waals surface area contributed by atoms with Crippen LogP contribution in [0.5, 0.6) is 0 Å². The Morgan fingerprint density at radius 3 is 2.72 bits per heavy atom. The van der Waals surface area contributed by atoms with E-state index < -0.39 is 0 Å². The summed E-state index contributed by atoms with van der Waals surface area (Å²) in [6, 6.07) is 7.14. The number of fused-ring (bicyclic) bond motifs is 3. The summed E-state index contributed by atoms with van der Waals surface area (Å²) >= 11 is 7.44. The topological polar surface area (TPSA) is 50.5 Å². The Kier molecular flexibility index (Phi) is 4.01. The van der Waals surface area contributed by atoms with Crippen molar-refractivity contribution in [3.63, 3.8) is 0 Å². The van der Waals surface area contributed by atoms with Crippen molar-refractivity contribution in [2.45, 2.75) is 10.1 Å². The lowest BCUT2D eigenvalue weighted by molar-refractivity contribution is 0.531. The van der Waals surface area contributed by atoms with Gasteiger partial charge in [-0.25, -0.2) is 4.98 Å². The van der Waals surface area contributed by atoms with Gasteiger partial charge in [0.05, 0.1) is 16.6 Å². The fourth-order valence-corrected chi connectivity index (χ4v) is 4.27. The zero-order valence-corrected chi connectivity index (χ0v) is 15.3. The minimum atomic E-state index is -0.0756. The van der Waals surface area contributed by atoms with Gasteiger partial charge in [0, 0.05) is 42.8 Å². The number of hydrogen-bond donors (Lipinski definition) is 0. The maximum Gasteiger partial charge on any atom is 0.272 e. The number of rotatable bonds is 2. The van der Waals surface area contributed by atoms with Crippen molar-refractivity contribution in [3.8, 4) is 5.69 Å². The second-order valence-corrected chi connectivity index (χ2v) is 7.51. The van der Waals surface area contributed by atoms with Crippen LogP contribution in [0.3, 0.4) is 0 Å². The van der Waals surface area contributed by atoms with Crippen molar-refractivity contribution < 1.29 is 0 Å². The number of nitrogens with zero attached hydrogens (tertiary/aromatic N) is 4. The molecule has 1 aromatic carbocycles. The molecule has 7 heteroatoms. The van der Waals surface area contributed by atoms with Gasteiger partial charge in [-0.05, 0) is 30.3 Å². The Hall–Kier alpha value is -2.31. The number of thioether (sulfide) groups is 1. The molecule has 1 unspecified atom stereocenters. The van der Waals surface area contributed by atoms with E-state index in [9.17, 15) is 4.79 Å². The number of aliphatic imine (C=N–C) groups is 1. The highest BCUT2D eigenvalue weighted by molar-refractivity contribution is 8.01. The average Bonchev–Trinajstić information content (AvgIpc) is 2.82. The van der Waals surface area contributed by atoms with E-state index in [0.29, 0.717) is 9.92 Å². The Bertz CT molecular complexity index is 989. The first-order valence-electron chi connectivity index (χ1n) is 7.72. The number of benzene rings is 1. The molecule has 4 rings (SSSR count). The molecule has 0 aliphatic carbocycles. The van der Waals surface area contributed by atoms with E-state index in [0.717, 1.165) is 22.7 Å². The van der Waals surface area contributed by atoms with Gasteiger partial charge in [-0.1, -0.05) is 11.6 Å². The van der Waals surface area contributed by atoms with Crippen molar-refractivity contribution in [1.29, 1.82) is 0 Å². The van der Waals surface area contributed by atoms with Gasteiger partial charge < -0.3 is 4.90 Å². The third-order valence-electron chi connectivity index (χ3n) is 4.12. The van der Waals surface area contributed by atoms with E-state index in [4.69, 9.17) is 11.6 Å². The van der Waals surface area contributed by atoms with E-state index in [1.54, 1.807) is 29.2 Å². The van der Waals surface area contributed by atoms with Crippen molar-refractivity contribution in [2.75, 3.05) is 14.1 Å². The summed E-state index contributed by atoms with van der Waals surface area (Å²) in [7, 11) is 3.96. The second kappa shape index (κ2) is 6.20.